The molecule has 4 nitrogen and oxygen atoms in total. The normalized spacial score (nSPS) is 17.0. The zero-order chi connectivity index (χ0) is 19.3. The van der Waals surface area contributed by atoms with Gasteiger partial charge in [0.1, 0.15) is 6.10 Å². The van der Waals surface area contributed by atoms with E-state index in [1.807, 2.05) is 30.3 Å². The molecule has 1 heterocycles. The zero-order valence-corrected chi connectivity index (χ0v) is 17.0. The van der Waals surface area contributed by atoms with Crippen molar-refractivity contribution in [3.05, 3.63) is 35.9 Å². The summed E-state index contributed by atoms with van der Waals surface area (Å²) in [6.45, 7) is 5.07. The Hall–Kier alpha value is -1.39. The Morgan fingerprint density at radius 3 is 2.33 bits per heavy atom. The number of carbonyl (C=O) groups excluding carboxylic acids is 1. The minimum absolute atomic E-state index is 0.0720. The summed E-state index contributed by atoms with van der Waals surface area (Å²) in [5, 5.41) is 14.0. The minimum Gasteiger partial charge on any atom is -0.386 e. The molecule has 0 radical (unpaired) electrons. The molecule has 2 rings (SSSR count). The van der Waals surface area contributed by atoms with Crippen molar-refractivity contribution < 1.29 is 9.90 Å². The maximum Gasteiger partial charge on any atom is 0.220 e. The van der Waals surface area contributed by atoms with E-state index in [2.05, 4.69) is 17.1 Å². The number of aliphatic hydroxyl groups excluding tert-OH is 1. The number of likely N-dealkylation sites (tertiary alicyclic amines) is 1. The molecule has 1 amide bonds. The number of benzene rings is 1. The molecule has 1 fully saturated rings. The second-order valence-corrected chi connectivity index (χ2v) is 7.91. The van der Waals surface area contributed by atoms with E-state index in [0.29, 0.717) is 6.42 Å². The van der Waals surface area contributed by atoms with Crippen LogP contribution in [0.15, 0.2) is 30.3 Å². The van der Waals surface area contributed by atoms with Crippen LogP contribution in [0.4, 0.5) is 0 Å². The summed E-state index contributed by atoms with van der Waals surface area (Å²) in [6, 6.07) is 9.44. The first-order chi connectivity index (χ1) is 13.2. The molecule has 4 heteroatoms. The third-order valence-electron chi connectivity index (χ3n) is 5.53. The van der Waals surface area contributed by atoms with Crippen LogP contribution in [0, 0.1) is 0 Å². The fourth-order valence-electron chi connectivity index (χ4n) is 3.87. The van der Waals surface area contributed by atoms with Crippen LogP contribution in [0.2, 0.25) is 0 Å². The smallest absolute Gasteiger partial charge is 0.220 e. The average molecular weight is 375 g/mol. The van der Waals surface area contributed by atoms with Gasteiger partial charge in [-0.3, -0.25) is 4.79 Å². The van der Waals surface area contributed by atoms with Crippen molar-refractivity contribution in [1.82, 2.24) is 10.2 Å². The summed E-state index contributed by atoms with van der Waals surface area (Å²) < 4.78 is 0. The summed E-state index contributed by atoms with van der Waals surface area (Å²) in [7, 11) is 0. The van der Waals surface area contributed by atoms with Crippen LogP contribution in [0.5, 0.6) is 0 Å². The molecular weight excluding hydrogens is 336 g/mol. The number of amides is 1. The summed E-state index contributed by atoms with van der Waals surface area (Å²) in [6.07, 6.45) is 10.8. The van der Waals surface area contributed by atoms with Crippen LogP contribution in [0.25, 0.3) is 0 Å². The number of unbranched alkanes of at least 4 members (excludes halogenated alkanes) is 6. The van der Waals surface area contributed by atoms with Crippen molar-refractivity contribution in [2.75, 3.05) is 19.6 Å². The largest absolute Gasteiger partial charge is 0.386 e. The molecule has 0 saturated carbocycles. The molecule has 1 aliphatic rings. The monoisotopic (exact) mass is 374 g/mol. The van der Waals surface area contributed by atoms with Crippen LogP contribution < -0.4 is 5.32 Å². The van der Waals surface area contributed by atoms with Gasteiger partial charge in [0.25, 0.3) is 0 Å². The first-order valence-electron chi connectivity index (χ1n) is 11.0. The number of hydrogen-bond acceptors (Lipinski definition) is 3. The number of rotatable bonds is 13. The highest BCUT2D eigenvalue weighted by molar-refractivity contribution is 5.76. The SMILES string of the molecule is CCCCCCCCCC(=O)N[C@H](CN1CCCC1)[C@H](O)c1ccccc1. The summed E-state index contributed by atoms with van der Waals surface area (Å²) in [5.74, 6) is 0.0720. The van der Waals surface area contributed by atoms with Gasteiger partial charge in [-0.05, 0) is 37.9 Å². The number of nitrogens with zero attached hydrogens (tertiary/aromatic N) is 1. The molecule has 2 atom stereocenters. The van der Waals surface area contributed by atoms with Crippen molar-refractivity contribution in [3.63, 3.8) is 0 Å². The van der Waals surface area contributed by atoms with Gasteiger partial charge in [0.05, 0.1) is 6.04 Å². The lowest BCUT2D eigenvalue weighted by molar-refractivity contribution is -0.123. The molecular formula is C23H38N2O2. The van der Waals surface area contributed by atoms with E-state index >= 15 is 0 Å². The van der Waals surface area contributed by atoms with Gasteiger partial charge in [-0.2, -0.15) is 0 Å². The van der Waals surface area contributed by atoms with E-state index in [-0.39, 0.29) is 11.9 Å². The summed E-state index contributed by atoms with van der Waals surface area (Å²) in [5.41, 5.74) is 0.873. The van der Waals surface area contributed by atoms with E-state index in [0.717, 1.165) is 38.0 Å². The molecule has 0 aliphatic carbocycles. The van der Waals surface area contributed by atoms with E-state index in [9.17, 15) is 9.90 Å². The lowest BCUT2D eigenvalue weighted by Gasteiger charge is -2.28. The second kappa shape index (κ2) is 12.9. The fourth-order valence-corrected chi connectivity index (χ4v) is 3.87. The molecule has 0 bridgehead atoms. The van der Waals surface area contributed by atoms with Crippen LogP contribution in [0.3, 0.4) is 0 Å². The van der Waals surface area contributed by atoms with Crippen molar-refractivity contribution in [1.29, 1.82) is 0 Å². The fraction of sp³-hybridized carbons (Fsp3) is 0.696. The Balaban J connectivity index is 1.79. The molecule has 2 N–H and O–H groups in total. The van der Waals surface area contributed by atoms with Gasteiger partial charge < -0.3 is 15.3 Å². The van der Waals surface area contributed by atoms with Gasteiger partial charge in [-0.1, -0.05) is 75.8 Å². The molecule has 1 saturated heterocycles. The van der Waals surface area contributed by atoms with Crippen LogP contribution in [0.1, 0.15) is 82.8 Å². The molecule has 0 spiro atoms. The zero-order valence-electron chi connectivity index (χ0n) is 17.0. The van der Waals surface area contributed by atoms with Crippen molar-refractivity contribution >= 4 is 5.91 Å². The highest BCUT2D eigenvalue weighted by atomic mass is 16.3. The Labute approximate surface area is 165 Å². The molecule has 0 unspecified atom stereocenters. The Morgan fingerprint density at radius 2 is 1.67 bits per heavy atom. The highest BCUT2D eigenvalue weighted by Gasteiger charge is 2.26. The molecule has 1 aliphatic heterocycles. The summed E-state index contributed by atoms with van der Waals surface area (Å²) in [4.78, 5) is 14.8. The van der Waals surface area contributed by atoms with Gasteiger partial charge in [-0.15, -0.1) is 0 Å². The molecule has 1 aromatic carbocycles. The minimum atomic E-state index is -0.662. The molecule has 1 aromatic rings. The third kappa shape index (κ3) is 8.44. The third-order valence-corrected chi connectivity index (χ3v) is 5.53. The van der Waals surface area contributed by atoms with Crippen LogP contribution in [-0.2, 0) is 4.79 Å². The van der Waals surface area contributed by atoms with Crippen molar-refractivity contribution in [3.8, 4) is 0 Å². The van der Waals surface area contributed by atoms with Gasteiger partial charge in [-0.25, -0.2) is 0 Å². The van der Waals surface area contributed by atoms with Crippen LogP contribution >= 0.6 is 0 Å². The number of carbonyl (C=O) groups is 1. The predicted molar refractivity (Wildman–Crippen MR) is 112 cm³/mol. The first-order valence-corrected chi connectivity index (χ1v) is 11.0. The average Bonchev–Trinajstić information content (AvgIpc) is 3.20. The predicted octanol–water partition coefficient (Wildman–Crippen LogP) is 4.44. The molecule has 27 heavy (non-hydrogen) atoms. The maximum atomic E-state index is 12.5. The first kappa shape index (κ1) is 21.9. The standard InChI is InChI=1S/C23H38N2O2/c1-2-3-4-5-6-7-11-16-22(26)24-21(19-25-17-12-13-18-25)23(27)20-14-9-8-10-15-20/h8-10,14-15,21,23,27H,2-7,11-13,16-19H2,1H3,(H,24,26)/t21-,23-/m1/s1. The number of aliphatic hydroxyl groups is 1. The van der Waals surface area contributed by atoms with Crippen LogP contribution in [-0.4, -0.2) is 41.6 Å². The quantitative estimate of drug-likeness (QED) is 0.502. The van der Waals surface area contributed by atoms with Gasteiger partial charge in [0, 0.05) is 13.0 Å². The second-order valence-electron chi connectivity index (χ2n) is 7.91. The van der Waals surface area contributed by atoms with E-state index in [4.69, 9.17) is 0 Å². The van der Waals surface area contributed by atoms with Crippen molar-refractivity contribution in [2.24, 2.45) is 0 Å². The van der Waals surface area contributed by atoms with E-state index in [1.54, 1.807) is 0 Å². The van der Waals surface area contributed by atoms with Gasteiger partial charge in [0.2, 0.25) is 5.91 Å². The van der Waals surface area contributed by atoms with Gasteiger partial charge >= 0.3 is 0 Å². The lowest BCUT2D eigenvalue weighted by Crippen LogP contribution is -2.46. The van der Waals surface area contributed by atoms with Gasteiger partial charge in [0.15, 0.2) is 0 Å². The Kier molecular flexibility index (Phi) is 10.5. The number of hydrogen-bond donors (Lipinski definition) is 2. The van der Waals surface area contributed by atoms with Crippen molar-refractivity contribution in [2.45, 2.75) is 83.3 Å². The maximum absolute atomic E-state index is 12.5. The number of nitrogens with one attached hydrogen (secondary N) is 1. The molecule has 152 valence electrons. The van der Waals surface area contributed by atoms with E-state index < -0.39 is 6.10 Å². The topological polar surface area (TPSA) is 52.6 Å². The lowest BCUT2D eigenvalue weighted by atomic mass is 10.0. The Bertz CT molecular complexity index is 514. The van der Waals surface area contributed by atoms with E-state index in [1.165, 1.54) is 44.9 Å². The highest BCUT2D eigenvalue weighted by Crippen LogP contribution is 2.19. The summed E-state index contributed by atoms with van der Waals surface area (Å²) >= 11 is 0. The Morgan fingerprint density at radius 1 is 1.04 bits per heavy atom. The molecule has 0 aromatic heterocycles.